The third-order valence-electron chi connectivity index (χ3n) is 3.34. The molecule has 0 atom stereocenters. The Kier molecular flexibility index (Phi) is 5.41. The summed E-state index contributed by atoms with van der Waals surface area (Å²) in [6, 6.07) is 10.9. The van der Waals surface area contributed by atoms with Gasteiger partial charge in [-0.3, -0.25) is 19.3 Å². The van der Waals surface area contributed by atoms with Gasteiger partial charge in [-0.2, -0.15) is 0 Å². The van der Waals surface area contributed by atoms with Gasteiger partial charge in [-0.25, -0.2) is 0 Å². The lowest BCUT2D eigenvalue weighted by atomic mass is 10.3. The van der Waals surface area contributed by atoms with Crippen LogP contribution in [0.3, 0.4) is 0 Å². The number of nitrogens with one attached hydrogen (secondary N) is 1. The van der Waals surface area contributed by atoms with Crippen LogP contribution in [0, 0.1) is 6.92 Å². The second kappa shape index (κ2) is 7.55. The van der Waals surface area contributed by atoms with Gasteiger partial charge in [0, 0.05) is 19.9 Å². The molecule has 1 aromatic carbocycles. The van der Waals surface area contributed by atoms with E-state index in [-0.39, 0.29) is 6.54 Å². The highest BCUT2D eigenvalue weighted by atomic mass is 79.9. The van der Waals surface area contributed by atoms with Gasteiger partial charge in [-0.15, -0.1) is 11.3 Å². The van der Waals surface area contributed by atoms with Crippen LogP contribution in [-0.4, -0.2) is 28.5 Å². The van der Waals surface area contributed by atoms with Crippen LogP contribution < -0.4 is 5.32 Å². The fourth-order valence-corrected chi connectivity index (χ4v) is 4.16. The number of hydrogen-bond donors (Lipinski definition) is 1. The quantitative estimate of drug-likeness (QED) is 0.716. The molecule has 0 aliphatic carbocycles. The smallest absolute Gasteiger partial charge is 0.294 e. The van der Waals surface area contributed by atoms with Crippen LogP contribution >= 0.6 is 39.0 Å². The molecule has 128 valence electrons. The lowest BCUT2D eigenvalue weighted by Crippen LogP contribution is -2.36. The first-order chi connectivity index (χ1) is 11.9. The Morgan fingerprint density at radius 2 is 1.92 bits per heavy atom. The minimum Gasteiger partial charge on any atom is -0.325 e. The van der Waals surface area contributed by atoms with E-state index < -0.39 is 17.1 Å². The summed E-state index contributed by atoms with van der Waals surface area (Å²) in [5, 5.41) is 2.24. The summed E-state index contributed by atoms with van der Waals surface area (Å²) in [7, 11) is 0. The molecule has 8 heteroatoms. The average molecular weight is 437 g/mol. The third kappa shape index (κ3) is 4.39. The van der Waals surface area contributed by atoms with Gasteiger partial charge in [0.1, 0.15) is 6.54 Å². The van der Waals surface area contributed by atoms with Gasteiger partial charge in [0.25, 0.3) is 11.1 Å². The molecule has 0 saturated carbocycles. The van der Waals surface area contributed by atoms with Gasteiger partial charge in [0.15, 0.2) is 0 Å². The molecule has 1 aliphatic heterocycles. The number of hydrogen-bond acceptors (Lipinski definition) is 5. The summed E-state index contributed by atoms with van der Waals surface area (Å²) in [5.41, 5.74) is 0.602. The summed E-state index contributed by atoms with van der Waals surface area (Å²) in [4.78, 5) is 39.9. The molecule has 0 unspecified atom stereocenters. The zero-order chi connectivity index (χ0) is 18.0. The number of imide groups is 1. The van der Waals surface area contributed by atoms with Gasteiger partial charge >= 0.3 is 0 Å². The van der Waals surface area contributed by atoms with Crippen molar-refractivity contribution in [1.29, 1.82) is 0 Å². The van der Waals surface area contributed by atoms with Crippen LogP contribution in [0.4, 0.5) is 10.5 Å². The van der Waals surface area contributed by atoms with E-state index in [0.717, 1.165) is 30.9 Å². The predicted octanol–water partition coefficient (Wildman–Crippen LogP) is 4.49. The first-order valence-corrected chi connectivity index (χ1v) is 9.72. The van der Waals surface area contributed by atoms with Crippen LogP contribution in [0.5, 0.6) is 0 Å². The van der Waals surface area contributed by atoms with Crippen molar-refractivity contribution >= 4 is 67.8 Å². The monoisotopic (exact) mass is 436 g/mol. The molecule has 25 heavy (non-hydrogen) atoms. The zero-order valence-corrected chi connectivity index (χ0v) is 16.3. The zero-order valence-electron chi connectivity index (χ0n) is 13.1. The Morgan fingerprint density at radius 1 is 1.20 bits per heavy atom. The average Bonchev–Trinajstić information content (AvgIpc) is 3.08. The van der Waals surface area contributed by atoms with Crippen molar-refractivity contribution in [2.75, 3.05) is 11.9 Å². The molecule has 1 N–H and O–H groups in total. The summed E-state index contributed by atoms with van der Waals surface area (Å²) in [5.74, 6) is -0.857. The number of anilines is 1. The number of carbonyl (C=O) groups excluding carboxylic acids is 3. The molecule has 0 bridgehead atoms. The van der Waals surface area contributed by atoms with Crippen molar-refractivity contribution in [2.45, 2.75) is 6.92 Å². The minimum atomic E-state index is -0.438. The largest absolute Gasteiger partial charge is 0.325 e. The van der Waals surface area contributed by atoms with E-state index in [4.69, 9.17) is 0 Å². The van der Waals surface area contributed by atoms with E-state index in [9.17, 15) is 14.4 Å². The molecule has 1 fully saturated rings. The molecule has 3 amide bonds. The highest BCUT2D eigenvalue weighted by molar-refractivity contribution is 9.10. The highest BCUT2D eigenvalue weighted by Gasteiger charge is 2.36. The van der Waals surface area contributed by atoms with Crippen molar-refractivity contribution in [2.24, 2.45) is 0 Å². The van der Waals surface area contributed by atoms with Gasteiger partial charge in [0.2, 0.25) is 5.91 Å². The fourth-order valence-electron chi connectivity index (χ4n) is 2.17. The van der Waals surface area contributed by atoms with E-state index in [1.54, 1.807) is 41.7 Å². The number of thioether (sulfide) groups is 1. The molecule has 3 rings (SSSR count). The van der Waals surface area contributed by atoms with Gasteiger partial charge < -0.3 is 5.32 Å². The number of aryl methyl sites for hydroxylation is 1. The summed E-state index contributed by atoms with van der Waals surface area (Å²) >= 11 is 5.71. The first-order valence-electron chi connectivity index (χ1n) is 7.29. The van der Waals surface area contributed by atoms with E-state index in [1.807, 2.05) is 19.1 Å². The van der Waals surface area contributed by atoms with Crippen LogP contribution in [0.1, 0.15) is 9.75 Å². The summed E-state index contributed by atoms with van der Waals surface area (Å²) < 4.78 is 0.894. The molecule has 2 aromatic rings. The Hall–Kier alpha value is -1.90. The van der Waals surface area contributed by atoms with Crippen LogP contribution in [0.2, 0.25) is 0 Å². The Balaban J connectivity index is 1.67. The summed E-state index contributed by atoms with van der Waals surface area (Å²) in [6.07, 6.45) is 1.69. The van der Waals surface area contributed by atoms with Crippen molar-refractivity contribution in [3.63, 3.8) is 0 Å². The fraction of sp³-hybridized carbons (Fsp3) is 0.118. The van der Waals surface area contributed by atoms with Crippen molar-refractivity contribution in [1.82, 2.24) is 4.90 Å². The van der Waals surface area contributed by atoms with Crippen molar-refractivity contribution in [3.8, 4) is 0 Å². The number of carbonyl (C=O) groups is 3. The Bertz CT molecular complexity index is 874. The molecule has 1 aromatic heterocycles. The molecule has 0 radical (unpaired) electrons. The second-order valence-corrected chi connectivity index (χ2v) is 8.50. The highest BCUT2D eigenvalue weighted by Crippen LogP contribution is 2.33. The lowest BCUT2D eigenvalue weighted by molar-refractivity contribution is -0.127. The number of nitrogens with zero attached hydrogens (tertiary/aromatic N) is 1. The molecule has 1 aliphatic rings. The number of benzene rings is 1. The normalized spacial score (nSPS) is 15.9. The standard InChI is InChI=1S/C17H13BrN2O3S2/c1-10-2-7-13(24-10)8-14-16(22)20(17(23)25-14)9-15(21)19-12-5-3-11(18)4-6-12/h2-8H,9H2,1H3,(H,19,21)/b14-8+. The molecule has 2 heterocycles. The van der Waals surface area contributed by atoms with Crippen molar-refractivity contribution in [3.05, 3.63) is 55.5 Å². The van der Waals surface area contributed by atoms with Crippen molar-refractivity contribution < 1.29 is 14.4 Å². The Morgan fingerprint density at radius 3 is 2.56 bits per heavy atom. The lowest BCUT2D eigenvalue weighted by Gasteiger charge is -2.12. The number of thiophene rings is 1. The van der Waals surface area contributed by atoms with Gasteiger partial charge in [0.05, 0.1) is 4.91 Å². The summed E-state index contributed by atoms with van der Waals surface area (Å²) in [6.45, 7) is 1.67. The maximum Gasteiger partial charge on any atom is 0.294 e. The first kappa shape index (κ1) is 17.9. The maximum atomic E-state index is 12.4. The Labute approximate surface area is 161 Å². The maximum absolute atomic E-state index is 12.4. The number of rotatable bonds is 4. The van der Waals surface area contributed by atoms with E-state index >= 15 is 0 Å². The molecule has 0 spiro atoms. The van der Waals surface area contributed by atoms with Crippen LogP contribution in [0.25, 0.3) is 6.08 Å². The third-order valence-corrected chi connectivity index (χ3v) is 5.72. The van der Waals surface area contributed by atoms with Gasteiger partial charge in [-0.05, 0) is 61.2 Å². The number of amides is 3. The minimum absolute atomic E-state index is 0.304. The molecule has 5 nitrogen and oxygen atoms in total. The molecule has 1 saturated heterocycles. The molecular weight excluding hydrogens is 424 g/mol. The van der Waals surface area contributed by atoms with E-state index in [2.05, 4.69) is 21.2 Å². The van der Waals surface area contributed by atoms with Crippen LogP contribution in [-0.2, 0) is 9.59 Å². The second-order valence-electron chi connectivity index (χ2n) is 5.27. The number of halogens is 1. The van der Waals surface area contributed by atoms with Crippen LogP contribution in [0.15, 0.2) is 45.8 Å². The molecular formula is C17H13BrN2O3S2. The topological polar surface area (TPSA) is 66.5 Å². The predicted molar refractivity (Wildman–Crippen MR) is 105 cm³/mol. The van der Waals surface area contributed by atoms with E-state index in [0.29, 0.717) is 10.6 Å². The van der Waals surface area contributed by atoms with E-state index in [1.165, 1.54) is 0 Å². The SMILES string of the molecule is Cc1ccc(/C=C2/SC(=O)N(CC(=O)Nc3ccc(Br)cc3)C2=O)s1. The van der Waals surface area contributed by atoms with Gasteiger partial charge in [-0.1, -0.05) is 15.9 Å².